The zero-order chi connectivity index (χ0) is 16.5. The van der Waals surface area contributed by atoms with Gasteiger partial charge in [0.25, 0.3) is 0 Å². The van der Waals surface area contributed by atoms with Gasteiger partial charge in [0.1, 0.15) is 5.54 Å². The fourth-order valence-corrected chi connectivity index (χ4v) is 4.01. The van der Waals surface area contributed by atoms with E-state index in [1.807, 2.05) is 34.6 Å². The van der Waals surface area contributed by atoms with Gasteiger partial charge in [-0.25, -0.2) is 4.98 Å². The summed E-state index contributed by atoms with van der Waals surface area (Å²) in [6.07, 6.45) is 1.44. The molecule has 1 heterocycles. The van der Waals surface area contributed by atoms with E-state index in [-0.39, 0.29) is 42.2 Å². The Morgan fingerprint density at radius 3 is 2.50 bits per heavy atom. The molecule has 2 rings (SSSR count). The van der Waals surface area contributed by atoms with Gasteiger partial charge in [-0.05, 0) is 20.8 Å². The summed E-state index contributed by atoms with van der Waals surface area (Å²) in [4.78, 5) is 18.1. The average molecular weight is 398 g/mol. The Balaban J connectivity index is 0.00000264. The van der Waals surface area contributed by atoms with Gasteiger partial charge in [-0.15, -0.1) is 36.2 Å². The quantitative estimate of drug-likeness (QED) is 0.773. The van der Waals surface area contributed by atoms with Gasteiger partial charge in [0, 0.05) is 36.3 Å². The number of rotatable bonds is 6. The number of hydrogen-bond donors (Lipinski definition) is 2. The number of aromatic nitrogens is 1. The molecule has 1 aromatic rings. The Bertz CT molecular complexity index is 566. The maximum Gasteiger partial charge on any atom is 0.240 e. The first-order chi connectivity index (χ1) is 10.2. The highest BCUT2D eigenvalue weighted by Gasteiger charge is 2.62. The van der Waals surface area contributed by atoms with Crippen LogP contribution in [0.15, 0.2) is 0 Å². The summed E-state index contributed by atoms with van der Waals surface area (Å²) in [5.41, 5.74) is 6.23. The van der Waals surface area contributed by atoms with E-state index in [2.05, 4.69) is 10.3 Å². The van der Waals surface area contributed by atoms with Crippen molar-refractivity contribution in [1.29, 1.82) is 0 Å². The molecule has 3 N–H and O–H groups in total. The highest BCUT2D eigenvalue weighted by Crippen LogP contribution is 2.49. The zero-order valence-corrected chi connectivity index (χ0v) is 17.4. The van der Waals surface area contributed by atoms with Crippen LogP contribution >= 0.6 is 36.2 Å². The first kappa shape index (κ1) is 23.6. The number of nitrogens with two attached hydrogens (primary N) is 1. The smallest absolute Gasteiger partial charge is 0.240 e. The normalized spacial score (nSPS) is 24.3. The molecule has 0 bridgehead atoms. The molecule has 0 radical (unpaired) electrons. The third-order valence-corrected chi connectivity index (χ3v) is 6.00. The molecule has 0 aromatic carbocycles. The molecule has 5 nitrogen and oxygen atoms in total. The largest absolute Gasteiger partial charge is 0.378 e. The number of amides is 1. The molecule has 0 aliphatic heterocycles. The SMILES string of the molecule is CCOC1CC(N)(C(=O)NCCc2sc(C)nc2C)C1(C)C.Cl.Cl. The minimum absolute atomic E-state index is 0. The molecular weight excluding hydrogens is 369 g/mol. The lowest BCUT2D eigenvalue weighted by Gasteiger charge is -2.57. The molecule has 1 fully saturated rings. The number of carbonyl (C=O) groups is 1. The molecule has 8 heteroatoms. The van der Waals surface area contributed by atoms with Crippen molar-refractivity contribution in [3.05, 3.63) is 15.6 Å². The second kappa shape index (κ2) is 8.81. The summed E-state index contributed by atoms with van der Waals surface area (Å²) >= 11 is 1.69. The van der Waals surface area contributed by atoms with Crippen LogP contribution in [0.1, 0.15) is 42.8 Å². The predicted molar refractivity (Wildman–Crippen MR) is 104 cm³/mol. The minimum Gasteiger partial charge on any atom is -0.378 e. The molecule has 1 aliphatic carbocycles. The lowest BCUT2D eigenvalue weighted by Crippen LogP contribution is -2.75. The van der Waals surface area contributed by atoms with E-state index in [1.54, 1.807) is 11.3 Å². The molecule has 2 unspecified atom stereocenters. The molecule has 1 aliphatic rings. The number of thiazole rings is 1. The van der Waals surface area contributed by atoms with Crippen LogP contribution in [0.2, 0.25) is 0 Å². The topological polar surface area (TPSA) is 77.2 Å². The van der Waals surface area contributed by atoms with E-state index < -0.39 is 5.54 Å². The molecule has 2 atom stereocenters. The van der Waals surface area contributed by atoms with Crippen molar-refractivity contribution in [2.45, 2.75) is 59.1 Å². The average Bonchev–Trinajstić information content (AvgIpc) is 2.76. The van der Waals surface area contributed by atoms with Crippen molar-refractivity contribution in [2.24, 2.45) is 11.1 Å². The number of aryl methyl sites for hydroxylation is 2. The summed E-state index contributed by atoms with van der Waals surface area (Å²) in [6, 6.07) is 0. The lowest BCUT2D eigenvalue weighted by atomic mass is 9.54. The molecule has 0 spiro atoms. The Morgan fingerprint density at radius 1 is 1.42 bits per heavy atom. The molecule has 24 heavy (non-hydrogen) atoms. The number of halogens is 2. The van der Waals surface area contributed by atoms with Crippen LogP contribution in [0.3, 0.4) is 0 Å². The Kier molecular flexibility index (Phi) is 8.66. The third-order valence-electron chi connectivity index (χ3n) is 4.87. The minimum atomic E-state index is -0.842. The number of carbonyl (C=O) groups excluding carboxylic acids is 1. The van der Waals surface area contributed by atoms with Gasteiger partial charge in [0.05, 0.1) is 16.8 Å². The Hall–Kier alpha value is -0.400. The van der Waals surface area contributed by atoms with Crippen molar-refractivity contribution in [1.82, 2.24) is 10.3 Å². The van der Waals surface area contributed by atoms with Crippen LogP contribution < -0.4 is 11.1 Å². The van der Waals surface area contributed by atoms with E-state index >= 15 is 0 Å². The molecular formula is C16H29Cl2N3O2S. The summed E-state index contributed by atoms with van der Waals surface area (Å²) in [5, 5.41) is 4.05. The second-order valence-electron chi connectivity index (χ2n) is 6.59. The first-order valence-corrected chi connectivity index (χ1v) is 8.65. The summed E-state index contributed by atoms with van der Waals surface area (Å²) in [7, 11) is 0. The van der Waals surface area contributed by atoms with Crippen LogP contribution in [0.5, 0.6) is 0 Å². The van der Waals surface area contributed by atoms with Crippen LogP contribution in [-0.2, 0) is 16.0 Å². The molecule has 140 valence electrons. The maximum atomic E-state index is 12.5. The van der Waals surface area contributed by atoms with Crippen molar-refractivity contribution in [3.63, 3.8) is 0 Å². The van der Waals surface area contributed by atoms with Gasteiger partial charge >= 0.3 is 0 Å². The second-order valence-corrected chi connectivity index (χ2v) is 7.88. The zero-order valence-electron chi connectivity index (χ0n) is 15.0. The number of nitrogens with one attached hydrogen (secondary N) is 1. The standard InChI is InChI=1S/C16H27N3O2S.2ClH/c1-6-21-13-9-16(17,15(13,4)5)14(20)18-8-7-12-10(2)19-11(3)22-12;;/h13H,6-9,17H2,1-5H3,(H,18,20);2*1H. The van der Waals surface area contributed by atoms with Crippen LogP contribution in [0.4, 0.5) is 0 Å². The monoisotopic (exact) mass is 397 g/mol. The van der Waals surface area contributed by atoms with Crippen molar-refractivity contribution in [2.75, 3.05) is 13.2 Å². The van der Waals surface area contributed by atoms with E-state index in [9.17, 15) is 4.79 Å². The predicted octanol–water partition coefficient (Wildman–Crippen LogP) is 2.79. The van der Waals surface area contributed by atoms with Gasteiger partial charge in [-0.1, -0.05) is 13.8 Å². The van der Waals surface area contributed by atoms with Gasteiger partial charge < -0.3 is 15.8 Å². The fraction of sp³-hybridized carbons (Fsp3) is 0.750. The van der Waals surface area contributed by atoms with E-state index in [1.165, 1.54) is 4.88 Å². The van der Waals surface area contributed by atoms with Gasteiger partial charge in [0.15, 0.2) is 0 Å². The third kappa shape index (κ3) is 4.22. The van der Waals surface area contributed by atoms with Crippen LogP contribution in [0.25, 0.3) is 0 Å². The first-order valence-electron chi connectivity index (χ1n) is 7.84. The number of hydrogen-bond acceptors (Lipinski definition) is 5. The van der Waals surface area contributed by atoms with Gasteiger partial charge in [-0.2, -0.15) is 0 Å². The van der Waals surface area contributed by atoms with Crippen LogP contribution in [0, 0.1) is 19.3 Å². The van der Waals surface area contributed by atoms with E-state index in [4.69, 9.17) is 10.5 Å². The Labute approximate surface area is 161 Å². The van der Waals surface area contributed by atoms with Crippen molar-refractivity contribution < 1.29 is 9.53 Å². The van der Waals surface area contributed by atoms with Crippen LogP contribution in [-0.4, -0.2) is 35.7 Å². The van der Waals surface area contributed by atoms with Crippen molar-refractivity contribution in [3.8, 4) is 0 Å². The Morgan fingerprint density at radius 2 is 2.04 bits per heavy atom. The van der Waals surface area contributed by atoms with E-state index in [0.29, 0.717) is 19.6 Å². The number of ether oxygens (including phenoxy) is 1. The molecule has 1 amide bonds. The molecule has 0 saturated heterocycles. The molecule has 1 aromatic heterocycles. The lowest BCUT2D eigenvalue weighted by molar-refractivity contribution is -0.170. The highest BCUT2D eigenvalue weighted by atomic mass is 35.5. The fourth-order valence-electron chi connectivity index (χ4n) is 3.07. The summed E-state index contributed by atoms with van der Waals surface area (Å²) < 4.78 is 5.66. The summed E-state index contributed by atoms with van der Waals surface area (Å²) in [5.74, 6) is -0.0765. The van der Waals surface area contributed by atoms with Crippen molar-refractivity contribution >= 4 is 42.1 Å². The maximum absolute atomic E-state index is 12.5. The highest BCUT2D eigenvalue weighted by molar-refractivity contribution is 7.11. The molecule has 1 saturated carbocycles. The van der Waals surface area contributed by atoms with E-state index in [0.717, 1.165) is 17.1 Å². The van der Waals surface area contributed by atoms with Gasteiger partial charge in [0.2, 0.25) is 5.91 Å². The van der Waals surface area contributed by atoms with Gasteiger partial charge in [-0.3, -0.25) is 4.79 Å². The summed E-state index contributed by atoms with van der Waals surface area (Å²) in [6.45, 7) is 11.2. The number of nitrogens with zero attached hydrogens (tertiary/aromatic N) is 1.